The highest BCUT2D eigenvalue weighted by Crippen LogP contribution is 2.35. The van der Waals surface area contributed by atoms with E-state index in [1.54, 1.807) is 43.0 Å². The summed E-state index contributed by atoms with van der Waals surface area (Å²) in [5, 5.41) is 9.86. The van der Waals surface area contributed by atoms with Crippen LogP contribution in [0.3, 0.4) is 0 Å². The van der Waals surface area contributed by atoms with Crippen LogP contribution in [0.4, 0.5) is 0 Å². The zero-order valence-corrected chi connectivity index (χ0v) is 22.3. The normalized spacial score (nSPS) is 12.0. The summed E-state index contributed by atoms with van der Waals surface area (Å²) in [7, 11) is 0. The van der Waals surface area contributed by atoms with Crippen molar-refractivity contribution in [1.82, 2.24) is 4.90 Å². The van der Waals surface area contributed by atoms with E-state index in [0.717, 1.165) is 5.56 Å². The Morgan fingerprint density at radius 1 is 1.08 bits per heavy atom. The van der Waals surface area contributed by atoms with E-state index in [4.69, 9.17) is 14.6 Å². The van der Waals surface area contributed by atoms with Gasteiger partial charge in [0.2, 0.25) is 0 Å². The molecule has 0 fully saturated rings. The molecule has 2 aromatic carbocycles. The molecule has 0 radical (unpaired) electrons. The van der Waals surface area contributed by atoms with Gasteiger partial charge in [0.1, 0.15) is 22.9 Å². The van der Waals surface area contributed by atoms with Crippen molar-refractivity contribution in [1.29, 1.82) is 5.26 Å². The largest absolute Gasteiger partial charge is 0.466 e. The monoisotopic (exact) mass is 511 g/mol. The number of nitrogens with zero attached hydrogens (tertiary/aromatic N) is 2. The van der Waals surface area contributed by atoms with Gasteiger partial charge in [-0.05, 0) is 62.6 Å². The molecule has 38 heavy (non-hydrogen) atoms. The standard InChI is InChI=1S/C31H33N3O4/c1-19(2)28(34(14-8-13-32)31(36)25-15-20(3)37-21(25)4)30-26(16-22-9-6-5-7-10-22)29(35)24-12-11-23(18-33)17-27(24)38-30/h5-7,9-12,15,17,19,28H,8,13-14,16,32H2,1-4H3. The van der Waals surface area contributed by atoms with E-state index >= 15 is 0 Å². The molecule has 2 aromatic heterocycles. The first-order valence-corrected chi connectivity index (χ1v) is 12.9. The molecule has 0 saturated heterocycles. The molecule has 1 atom stereocenters. The molecule has 4 aromatic rings. The van der Waals surface area contributed by atoms with Crippen LogP contribution in [0.5, 0.6) is 0 Å². The van der Waals surface area contributed by atoms with E-state index in [9.17, 15) is 14.9 Å². The molecule has 2 N–H and O–H groups in total. The van der Waals surface area contributed by atoms with Gasteiger partial charge in [-0.15, -0.1) is 0 Å². The minimum absolute atomic E-state index is 0.0979. The van der Waals surface area contributed by atoms with Gasteiger partial charge in [-0.2, -0.15) is 5.26 Å². The van der Waals surface area contributed by atoms with Crippen LogP contribution >= 0.6 is 0 Å². The number of hydrogen-bond acceptors (Lipinski definition) is 6. The number of furan rings is 1. The zero-order valence-electron chi connectivity index (χ0n) is 22.3. The number of amides is 1. The quantitative estimate of drug-likeness (QED) is 0.310. The van der Waals surface area contributed by atoms with Crippen LogP contribution < -0.4 is 11.2 Å². The Kier molecular flexibility index (Phi) is 8.13. The van der Waals surface area contributed by atoms with Crippen LogP contribution in [0.25, 0.3) is 11.0 Å². The highest BCUT2D eigenvalue weighted by molar-refractivity contribution is 5.95. The third kappa shape index (κ3) is 5.41. The Labute approximate surface area is 222 Å². The third-order valence-corrected chi connectivity index (χ3v) is 6.74. The minimum Gasteiger partial charge on any atom is -0.466 e. The maximum Gasteiger partial charge on any atom is 0.258 e. The molecule has 0 aliphatic heterocycles. The summed E-state index contributed by atoms with van der Waals surface area (Å²) >= 11 is 0. The van der Waals surface area contributed by atoms with Gasteiger partial charge < -0.3 is 19.5 Å². The number of benzene rings is 2. The maximum atomic E-state index is 14.0. The average Bonchev–Trinajstić information content (AvgIpc) is 3.25. The van der Waals surface area contributed by atoms with E-state index in [0.29, 0.717) is 70.9 Å². The van der Waals surface area contributed by atoms with Gasteiger partial charge in [0.25, 0.3) is 5.91 Å². The minimum atomic E-state index is -0.551. The van der Waals surface area contributed by atoms with Gasteiger partial charge in [0.05, 0.1) is 28.6 Å². The van der Waals surface area contributed by atoms with Crippen molar-refractivity contribution in [2.75, 3.05) is 13.1 Å². The zero-order chi connectivity index (χ0) is 27.4. The van der Waals surface area contributed by atoms with Crippen LogP contribution in [-0.2, 0) is 6.42 Å². The maximum absolute atomic E-state index is 14.0. The molecule has 0 aliphatic rings. The molecule has 0 bridgehead atoms. The number of nitriles is 1. The second kappa shape index (κ2) is 11.5. The molecule has 7 nitrogen and oxygen atoms in total. The highest BCUT2D eigenvalue weighted by Gasteiger charge is 2.34. The lowest BCUT2D eigenvalue weighted by Gasteiger charge is -2.35. The molecule has 1 unspecified atom stereocenters. The molecule has 1 amide bonds. The first-order valence-electron chi connectivity index (χ1n) is 12.9. The molecular formula is C31H33N3O4. The van der Waals surface area contributed by atoms with Gasteiger partial charge in [0, 0.05) is 18.5 Å². The Bertz CT molecular complexity index is 1540. The van der Waals surface area contributed by atoms with Gasteiger partial charge in [0.15, 0.2) is 5.43 Å². The van der Waals surface area contributed by atoms with Gasteiger partial charge in [-0.1, -0.05) is 44.2 Å². The Morgan fingerprint density at radius 2 is 1.82 bits per heavy atom. The van der Waals surface area contributed by atoms with E-state index in [-0.39, 0.29) is 17.3 Å². The lowest BCUT2D eigenvalue weighted by atomic mass is 9.91. The van der Waals surface area contributed by atoms with Crippen molar-refractivity contribution in [2.24, 2.45) is 11.7 Å². The van der Waals surface area contributed by atoms with Crippen LogP contribution in [0.2, 0.25) is 0 Å². The summed E-state index contributed by atoms with van der Waals surface area (Å²) in [4.78, 5) is 29.7. The number of carbonyl (C=O) groups excluding carboxylic acids is 1. The molecule has 2 heterocycles. The van der Waals surface area contributed by atoms with Crippen LogP contribution in [-0.4, -0.2) is 23.9 Å². The van der Waals surface area contributed by atoms with Crippen LogP contribution in [0.15, 0.2) is 68.2 Å². The average molecular weight is 512 g/mol. The predicted molar refractivity (Wildman–Crippen MR) is 147 cm³/mol. The fraction of sp³-hybridized carbons (Fsp3) is 0.323. The third-order valence-electron chi connectivity index (χ3n) is 6.74. The van der Waals surface area contributed by atoms with E-state index in [1.165, 1.54) is 0 Å². The van der Waals surface area contributed by atoms with Gasteiger partial charge >= 0.3 is 0 Å². The summed E-state index contributed by atoms with van der Waals surface area (Å²) in [5.74, 6) is 1.32. The lowest BCUT2D eigenvalue weighted by Crippen LogP contribution is -2.40. The number of hydrogen-bond donors (Lipinski definition) is 1. The van der Waals surface area contributed by atoms with E-state index in [1.807, 2.05) is 44.2 Å². The number of nitrogens with two attached hydrogens (primary N) is 1. The molecule has 0 spiro atoms. The smallest absolute Gasteiger partial charge is 0.258 e. The second-order valence-electron chi connectivity index (χ2n) is 9.92. The van der Waals surface area contributed by atoms with Crippen LogP contribution in [0, 0.1) is 31.1 Å². The molecule has 0 aliphatic carbocycles. The molecular weight excluding hydrogens is 478 g/mol. The topological polar surface area (TPSA) is 113 Å². The Balaban J connectivity index is 1.97. The van der Waals surface area contributed by atoms with Crippen molar-refractivity contribution in [2.45, 2.75) is 46.6 Å². The number of rotatable bonds is 9. The van der Waals surface area contributed by atoms with Crippen molar-refractivity contribution < 1.29 is 13.6 Å². The molecule has 0 saturated carbocycles. The summed E-state index contributed by atoms with van der Waals surface area (Å²) < 4.78 is 12.2. The van der Waals surface area contributed by atoms with Crippen molar-refractivity contribution in [3.05, 3.63) is 104 Å². The fourth-order valence-electron chi connectivity index (χ4n) is 4.96. The molecule has 4 rings (SSSR count). The lowest BCUT2D eigenvalue weighted by molar-refractivity contribution is 0.0585. The van der Waals surface area contributed by atoms with Crippen molar-refractivity contribution in [3.8, 4) is 6.07 Å². The first-order chi connectivity index (χ1) is 18.2. The summed E-state index contributed by atoms with van der Waals surface area (Å²) in [5.41, 5.74) is 8.35. The fourth-order valence-corrected chi connectivity index (χ4v) is 4.96. The number of carbonyl (C=O) groups is 1. The number of aryl methyl sites for hydroxylation is 2. The van der Waals surface area contributed by atoms with Crippen molar-refractivity contribution >= 4 is 16.9 Å². The Hall–Kier alpha value is -4.15. The first kappa shape index (κ1) is 26.9. The SMILES string of the molecule is Cc1cc(C(=O)N(CCCN)C(c2oc3cc(C#N)ccc3c(=O)c2Cc2ccccc2)C(C)C)c(C)o1. The highest BCUT2D eigenvalue weighted by atomic mass is 16.3. The van der Waals surface area contributed by atoms with Crippen LogP contribution in [0.1, 0.15) is 70.6 Å². The predicted octanol–water partition coefficient (Wildman–Crippen LogP) is 5.65. The summed E-state index contributed by atoms with van der Waals surface area (Å²) in [6, 6.07) is 17.9. The molecule has 196 valence electrons. The Morgan fingerprint density at radius 3 is 2.42 bits per heavy atom. The summed E-state index contributed by atoms with van der Waals surface area (Å²) in [6.45, 7) is 8.37. The van der Waals surface area contributed by atoms with Crippen molar-refractivity contribution in [3.63, 3.8) is 0 Å². The number of fused-ring (bicyclic) bond motifs is 1. The van der Waals surface area contributed by atoms with Gasteiger partial charge in [-0.3, -0.25) is 9.59 Å². The summed E-state index contributed by atoms with van der Waals surface area (Å²) in [6.07, 6.45) is 0.926. The van der Waals surface area contributed by atoms with E-state index < -0.39 is 6.04 Å². The molecule has 7 heteroatoms. The second-order valence-corrected chi connectivity index (χ2v) is 9.92. The van der Waals surface area contributed by atoms with E-state index in [2.05, 4.69) is 6.07 Å². The van der Waals surface area contributed by atoms with Gasteiger partial charge in [-0.25, -0.2) is 0 Å².